The van der Waals surface area contributed by atoms with Crippen LogP contribution in [-0.2, 0) is 0 Å². The van der Waals surface area contributed by atoms with Crippen molar-refractivity contribution >= 4 is 17.1 Å². The zero-order valence-electron chi connectivity index (χ0n) is 9.06. The molecular formula is C8H7N3O7. The van der Waals surface area contributed by atoms with Crippen LogP contribution in [0.2, 0.25) is 0 Å². The Hall–Kier alpha value is -2.78. The van der Waals surface area contributed by atoms with E-state index in [9.17, 15) is 30.3 Å². The monoisotopic (exact) mass is 257 g/mol. The maximum atomic E-state index is 10.8. The Morgan fingerprint density at radius 2 is 1.56 bits per heavy atom. The number of hydrogen-bond acceptors (Lipinski definition) is 7. The van der Waals surface area contributed by atoms with Gasteiger partial charge in [-0.25, -0.2) is 0 Å². The van der Waals surface area contributed by atoms with E-state index in [0.717, 1.165) is 12.1 Å². The molecule has 1 aromatic rings. The van der Waals surface area contributed by atoms with Gasteiger partial charge in [0, 0.05) is 6.07 Å². The highest BCUT2D eigenvalue weighted by atomic mass is 16.6. The van der Waals surface area contributed by atoms with Gasteiger partial charge in [-0.2, -0.15) is 0 Å². The molecule has 10 heteroatoms. The van der Waals surface area contributed by atoms with Crippen LogP contribution in [0.3, 0.4) is 0 Å². The van der Waals surface area contributed by atoms with Crippen LogP contribution >= 0.6 is 0 Å². The number of nitrogens with zero attached hydrogens (tertiary/aromatic N) is 3. The molecule has 0 radical (unpaired) electrons. The standard InChI is InChI=1S/C8H7N3O7/c1-2-18-6-4-3-5(9(12)13)7(10(14)15)8(6)11(16)17/h3-4H,2H2,1H3. The fourth-order valence-corrected chi connectivity index (χ4v) is 1.33. The lowest BCUT2D eigenvalue weighted by atomic mass is 10.2. The van der Waals surface area contributed by atoms with E-state index in [4.69, 9.17) is 4.74 Å². The largest absolute Gasteiger partial charge is 0.487 e. The minimum atomic E-state index is -1.18. The van der Waals surface area contributed by atoms with E-state index in [2.05, 4.69) is 0 Å². The fraction of sp³-hybridized carbons (Fsp3) is 0.250. The highest BCUT2D eigenvalue weighted by Crippen LogP contribution is 2.42. The normalized spacial score (nSPS) is 9.83. The van der Waals surface area contributed by atoms with Crippen LogP contribution in [0, 0.1) is 30.3 Å². The van der Waals surface area contributed by atoms with Crippen LogP contribution < -0.4 is 4.74 Å². The van der Waals surface area contributed by atoms with Gasteiger partial charge in [-0.1, -0.05) is 0 Å². The molecule has 0 N–H and O–H groups in total. The third-order valence-corrected chi connectivity index (χ3v) is 1.95. The molecule has 0 aliphatic heterocycles. The first kappa shape index (κ1) is 13.3. The predicted octanol–water partition coefficient (Wildman–Crippen LogP) is 1.81. The Morgan fingerprint density at radius 1 is 1.00 bits per heavy atom. The number of nitro groups is 3. The number of ether oxygens (including phenoxy) is 1. The van der Waals surface area contributed by atoms with Gasteiger partial charge in [-0.3, -0.25) is 30.3 Å². The zero-order valence-corrected chi connectivity index (χ0v) is 9.06. The smallest absolute Gasteiger partial charge is 0.426 e. The second-order valence-corrected chi connectivity index (χ2v) is 2.98. The summed E-state index contributed by atoms with van der Waals surface area (Å²) in [7, 11) is 0. The third kappa shape index (κ3) is 2.31. The number of hydrogen-bond donors (Lipinski definition) is 0. The molecule has 0 bridgehead atoms. The second-order valence-electron chi connectivity index (χ2n) is 2.98. The topological polar surface area (TPSA) is 139 Å². The van der Waals surface area contributed by atoms with E-state index in [-0.39, 0.29) is 12.4 Å². The quantitative estimate of drug-likeness (QED) is 0.578. The third-order valence-electron chi connectivity index (χ3n) is 1.95. The summed E-state index contributed by atoms with van der Waals surface area (Å²) in [6, 6.07) is 1.77. The average Bonchev–Trinajstić information content (AvgIpc) is 2.27. The first-order chi connectivity index (χ1) is 8.40. The fourth-order valence-electron chi connectivity index (χ4n) is 1.33. The molecule has 0 atom stereocenters. The van der Waals surface area contributed by atoms with Gasteiger partial charge in [0.25, 0.3) is 0 Å². The van der Waals surface area contributed by atoms with E-state index in [1.54, 1.807) is 0 Å². The van der Waals surface area contributed by atoms with Gasteiger partial charge in [-0.15, -0.1) is 0 Å². The van der Waals surface area contributed by atoms with Crippen molar-refractivity contribution in [3.05, 3.63) is 42.5 Å². The molecule has 0 fully saturated rings. The predicted molar refractivity (Wildman–Crippen MR) is 57.6 cm³/mol. The summed E-state index contributed by atoms with van der Waals surface area (Å²) in [5.74, 6) is -0.375. The van der Waals surface area contributed by atoms with Crippen LogP contribution in [-0.4, -0.2) is 21.4 Å². The maximum Gasteiger partial charge on any atom is 0.426 e. The molecule has 10 nitrogen and oxygen atoms in total. The maximum absolute atomic E-state index is 10.8. The Labute approximate surface area is 99.2 Å². The van der Waals surface area contributed by atoms with Crippen LogP contribution in [0.25, 0.3) is 0 Å². The summed E-state index contributed by atoms with van der Waals surface area (Å²) >= 11 is 0. The lowest BCUT2D eigenvalue weighted by Gasteiger charge is -2.04. The number of benzene rings is 1. The Morgan fingerprint density at radius 3 is 1.94 bits per heavy atom. The van der Waals surface area contributed by atoms with E-state index < -0.39 is 31.8 Å². The summed E-state index contributed by atoms with van der Waals surface area (Å²) in [5, 5.41) is 32.2. The van der Waals surface area contributed by atoms with Crippen LogP contribution in [0.1, 0.15) is 6.92 Å². The van der Waals surface area contributed by atoms with Crippen LogP contribution in [0.4, 0.5) is 17.1 Å². The lowest BCUT2D eigenvalue weighted by Crippen LogP contribution is -2.04. The molecule has 0 saturated heterocycles. The molecule has 1 aromatic carbocycles. The number of rotatable bonds is 5. The van der Waals surface area contributed by atoms with Crippen molar-refractivity contribution in [1.82, 2.24) is 0 Å². The molecule has 18 heavy (non-hydrogen) atoms. The van der Waals surface area contributed by atoms with Crippen molar-refractivity contribution in [2.75, 3.05) is 6.61 Å². The van der Waals surface area contributed by atoms with Crippen molar-refractivity contribution < 1.29 is 19.5 Å². The summed E-state index contributed by atoms with van der Waals surface area (Å²) in [4.78, 5) is 28.9. The molecule has 0 aliphatic rings. The van der Waals surface area contributed by atoms with Crippen molar-refractivity contribution in [3.8, 4) is 5.75 Å². The van der Waals surface area contributed by atoms with Gasteiger partial charge in [0.15, 0.2) is 0 Å². The molecule has 1 rings (SSSR count). The van der Waals surface area contributed by atoms with Gasteiger partial charge >= 0.3 is 17.1 Å². The van der Waals surface area contributed by atoms with E-state index in [0.29, 0.717) is 0 Å². The molecule has 0 saturated carbocycles. The average molecular weight is 257 g/mol. The van der Waals surface area contributed by atoms with Crippen LogP contribution in [0.15, 0.2) is 12.1 Å². The minimum absolute atomic E-state index is 0.0375. The minimum Gasteiger partial charge on any atom is -0.487 e. The number of nitro benzene ring substituents is 3. The second kappa shape index (κ2) is 5.03. The molecule has 0 unspecified atom stereocenters. The molecule has 0 amide bonds. The molecule has 0 heterocycles. The highest BCUT2D eigenvalue weighted by molar-refractivity contribution is 5.71. The van der Waals surface area contributed by atoms with E-state index >= 15 is 0 Å². The lowest BCUT2D eigenvalue weighted by molar-refractivity contribution is -0.441. The van der Waals surface area contributed by atoms with Crippen LogP contribution in [0.5, 0.6) is 5.75 Å². The molecule has 96 valence electrons. The summed E-state index contributed by atoms with van der Waals surface area (Å²) in [5.41, 5.74) is -3.15. The van der Waals surface area contributed by atoms with E-state index in [1.165, 1.54) is 6.92 Å². The van der Waals surface area contributed by atoms with Crippen molar-refractivity contribution in [3.63, 3.8) is 0 Å². The highest BCUT2D eigenvalue weighted by Gasteiger charge is 2.39. The summed E-state index contributed by atoms with van der Waals surface area (Å²) in [6.07, 6.45) is 0. The first-order valence-electron chi connectivity index (χ1n) is 4.63. The zero-order chi connectivity index (χ0) is 13.9. The van der Waals surface area contributed by atoms with Gasteiger partial charge < -0.3 is 4.74 Å². The summed E-state index contributed by atoms with van der Waals surface area (Å²) < 4.78 is 4.86. The molecule has 0 aromatic heterocycles. The van der Waals surface area contributed by atoms with Gasteiger partial charge in [0.1, 0.15) is 0 Å². The van der Waals surface area contributed by atoms with Gasteiger partial charge in [0.2, 0.25) is 5.75 Å². The first-order valence-corrected chi connectivity index (χ1v) is 4.63. The Kier molecular flexibility index (Phi) is 3.72. The molecule has 0 spiro atoms. The van der Waals surface area contributed by atoms with Crippen molar-refractivity contribution in [2.24, 2.45) is 0 Å². The molecule has 0 aliphatic carbocycles. The molecular weight excluding hydrogens is 250 g/mol. The van der Waals surface area contributed by atoms with Crippen molar-refractivity contribution in [2.45, 2.75) is 6.92 Å². The van der Waals surface area contributed by atoms with Gasteiger partial charge in [-0.05, 0) is 13.0 Å². The Bertz CT molecular complexity index is 528. The van der Waals surface area contributed by atoms with Gasteiger partial charge in [0.05, 0.1) is 21.4 Å². The van der Waals surface area contributed by atoms with Crippen molar-refractivity contribution in [1.29, 1.82) is 0 Å². The van der Waals surface area contributed by atoms with E-state index in [1.807, 2.05) is 0 Å². The summed E-state index contributed by atoms with van der Waals surface area (Å²) in [6.45, 7) is 1.56. The SMILES string of the molecule is CCOc1ccc([N+](=O)[O-])c([N+](=O)[O-])c1[N+](=O)[O-]. The Balaban J connectivity index is 3.65.